The number of fused-ring (bicyclic) bond motifs is 1. The number of aromatic nitrogens is 1. The van der Waals surface area contributed by atoms with Crippen LogP contribution in [0.25, 0.3) is 11.1 Å². The van der Waals surface area contributed by atoms with Gasteiger partial charge in [0, 0.05) is 18.8 Å². The lowest BCUT2D eigenvalue weighted by Gasteiger charge is -2.33. The van der Waals surface area contributed by atoms with Gasteiger partial charge in [0.15, 0.2) is 11.6 Å². The molecule has 2 aromatic carbocycles. The zero-order valence-corrected chi connectivity index (χ0v) is 20.3. The molecule has 4 rings (SSSR count). The van der Waals surface area contributed by atoms with Crippen LogP contribution in [0.1, 0.15) is 41.1 Å². The molecule has 0 saturated heterocycles. The minimum Gasteiger partial charge on any atom is -0.482 e. The van der Waals surface area contributed by atoms with Crippen LogP contribution in [0.15, 0.2) is 59.8 Å². The number of pyridine rings is 1. The van der Waals surface area contributed by atoms with Crippen LogP contribution in [0.3, 0.4) is 0 Å². The zero-order chi connectivity index (χ0) is 24.5. The van der Waals surface area contributed by atoms with Crippen molar-refractivity contribution in [1.82, 2.24) is 9.29 Å². The van der Waals surface area contributed by atoms with Gasteiger partial charge in [0.2, 0.25) is 0 Å². The predicted octanol–water partition coefficient (Wildman–Crippen LogP) is 4.53. The Balaban J connectivity index is 1.62. The lowest BCUT2D eigenvalue weighted by atomic mass is 9.87. The van der Waals surface area contributed by atoms with Gasteiger partial charge in [-0.25, -0.2) is 18.2 Å². The van der Waals surface area contributed by atoms with E-state index in [1.807, 2.05) is 38.1 Å². The highest BCUT2D eigenvalue weighted by molar-refractivity contribution is 7.89. The fourth-order valence-corrected chi connectivity index (χ4v) is 5.79. The summed E-state index contributed by atoms with van der Waals surface area (Å²) in [4.78, 5) is 15.2. The van der Waals surface area contributed by atoms with E-state index in [-0.39, 0.29) is 11.1 Å². The van der Waals surface area contributed by atoms with Gasteiger partial charge in [0.1, 0.15) is 5.75 Å². The van der Waals surface area contributed by atoms with E-state index >= 15 is 0 Å². The van der Waals surface area contributed by atoms with Crippen molar-refractivity contribution >= 4 is 16.0 Å². The molecule has 0 radical (unpaired) electrons. The molecule has 1 unspecified atom stereocenters. The molecule has 1 aliphatic rings. The smallest absolute Gasteiger partial charge is 0.341 e. The fourth-order valence-electron chi connectivity index (χ4n) is 4.51. The first-order valence-corrected chi connectivity index (χ1v) is 12.6. The number of rotatable bonds is 7. The van der Waals surface area contributed by atoms with Crippen LogP contribution in [0.5, 0.6) is 5.75 Å². The van der Waals surface area contributed by atoms with E-state index in [0.717, 1.165) is 39.8 Å². The number of carbonyl (C=O) groups is 1. The number of nitrogens with zero attached hydrogens (tertiary/aromatic N) is 2. The minimum atomic E-state index is -3.85. The maximum absolute atomic E-state index is 13.5. The van der Waals surface area contributed by atoms with E-state index in [2.05, 4.69) is 4.98 Å². The van der Waals surface area contributed by atoms with E-state index in [4.69, 9.17) is 9.84 Å². The molecule has 3 aromatic rings. The summed E-state index contributed by atoms with van der Waals surface area (Å²) in [7, 11) is -2.28. The Kier molecular flexibility index (Phi) is 6.72. The number of aryl methyl sites for hydroxylation is 1. The number of hydrogen-bond acceptors (Lipinski definition) is 5. The Hall–Kier alpha value is -3.23. The number of benzene rings is 2. The highest BCUT2D eigenvalue weighted by Crippen LogP contribution is 2.40. The second kappa shape index (κ2) is 9.56. The average molecular weight is 481 g/mol. The van der Waals surface area contributed by atoms with Crippen LogP contribution < -0.4 is 4.74 Å². The third kappa shape index (κ3) is 4.56. The van der Waals surface area contributed by atoms with Gasteiger partial charge in [0.05, 0.1) is 6.04 Å². The highest BCUT2D eigenvalue weighted by atomic mass is 32.2. The van der Waals surface area contributed by atoms with Crippen molar-refractivity contribution in [3.8, 4) is 16.9 Å². The van der Waals surface area contributed by atoms with E-state index in [1.165, 1.54) is 4.31 Å². The first-order valence-electron chi connectivity index (χ1n) is 11.2. The molecule has 178 valence electrons. The molecule has 1 aromatic heterocycles. The van der Waals surface area contributed by atoms with Gasteiger partial charge in [0.25, 0.3) is 10.0 Å². The second-order valence-electron chi connectivity index (χ2n) is 8.57. The Morgan fingerprint density at radius 1 is 1.15 bits per heavy atom. The molecular weight excluding hydrogens is 452 g/mol. The van der Waals surface area contributed by atoms with Crippen molar-refractivity contribution in [2.45, 2.75) is 44.2 Å². The second-order valence-corrected chi connectivity index (χ2v) is 10.5. The number of carboxylic acid groups (broad SMARTS) is 1. The summed E-state index contributed by atoms with van der Waals surface area (Å²) in [6, 6.07) is 14.4. The third-order valence-electron chi connectivity index (χ3n) is 6.52. The summed E-state index contributed by atoms with van der Waals surface area (Å²) in [6.07, 6.45) is 3.74. The van der Waals surface area contributed by atoms with Gasteiger partial charge in [-0.15, -0.1) is 0 Å². The SMILES string of the molecule is Cc1cccc(-c2ccc(S(=O)(=O)N(C)C3CCCc4c(OCC(=O)O)cccc43)nc2)c1C. The molecule has 34 heavy (non-hydrogen) atoms. The molecule has 0 saturated carbocycles. The molecule has 0 fully saturated rings. The molecule has 1 heterocycles. The normalized spacial score (nSPS) is 15.7. The Morgan fingerprint density at radius 3 is 2.62 bits per heavy atom. The Labute approximate surface area is 200 Å². The van der Waals surface area contributed by atoms with Crippen molar-refractivity contribution in [1.29, 1.82) is 0 Å². The van der Waals surface area contributed by atoms with Gasteiger partial charge in [-0.3, -0.25) is 0 Å². The van der Waals surface area contributed by atoms with Gasteiger partial charge in [-0.05, 0) is 79.1 Å². The zero-order valence-electron chi connectivity index (χ0n) is 19.5. The lowest BCUT2D eigenvalue weighted by molar-refractivity contribution is -0.139. The third-order valence-corrected chi connectivity index (χ3v) is 8.30. The summed E-state index contributed by atoms with van der Waals surface area (Å²) in [5.41, 5.74) is 5.90. The monoisotopic (exact) mass is 480 g/mol. The van der Waals surface area contributed by atoms with Crippen molar-refractivity contribution < 1.29 is 23.1 Å². The minimum absolute atomic E-state index is 0.00513. The topological polar surface area (TPSA) is 96.8 Å². The molecule has 0 amide bonds. The number of ether oxygens (including phenoxy) is 1. The van der Waals surface area contributed by atoms with E-state index < -0.39 is 22.6 Å². The molecule has 0 bridgehead atoms. The number of carboxylic acids is 1. The molecule has 1 N–H and O–H groups in total. The Bertz CT molecular complexity index is 1320. The molecule has 0 spiro atoms. The highest BCUT2D eigenvalue weighted by Gasteiger charge is 2.34. The maximum Gasteiger partial charge on any atom is 0.341 e. The van der Waals surface area contributed by atoms with Crippen LogP contribution in [-0.4, -0.2) is 42.4 Å². The van der Waals surface area contributed by atoms with Crippen LogP contribution in [0.2, 0.25) is 0 Å². The summed E-state index contributed by atoms with van der Waals surface area (Å²) in [5, 5.41) is 8.95. The number of aliphatic carboxylic acids is 1. The number of sulfonamides is 1. The molecule has 7 nitrogen and oxygen atoms in total. The maximum atomic E-state index is 13.5. The first-order chi connectivity index (χ1) is 16.2. The van der Waals surface area contributed by atoms with Crippen LogP contribution in [-0.2, 0) is 21.2 Å². The molecule has 1 atom stereocenters. The number of hydrogen-bond donors (Lipinski definition) is 1. The molecule has 8 heteroatoms. The first kappa shape index (κ1) is 23.9. The van der Waals surface area contributed by atoms with Gasteiger partial charge in [-0.2, -0.15) is 4.31 Å². The van der Waals surface area contributed by atoms with Crippen LogP contribution in [0, 0.1) is 13.8 Å². The Morgan fingerprint density at radius 2 is 1.91 bits per heavy atom. The lowest BCUT2D eigenvalue weighted by Crippen LogP contribution is -2.34. The fraction of sp³-hybridized carbons (Fsp3) is 0.308. The van der Waals surface area contributed by atoms with Crippen molar-refractivity contribution in [3.63, 3.8) is 0 Å². The predicted molar refractivity (Wildman–Crippen MR) is 129 cm³/mol. The van der Waals surface area contributed by atoms with Gasteiger partial charge < -0.3 is 9.84 Å². The van der Waals surface area contributed by atoms with E-state index in [0.29, 0.717) is 18.6 Å². The summed E-state index contributed by atoms with van der Waals surface area (Å²) >= 11 is 0. The van der Waals surface area contributed by atoms with Crippen LogP contribution in [0.4, 0.5) is 0 Å². The standard InChI is InChI=1S/C26H28N2O5S/c1-17-7-4-8-20(18(17)2)19-13-14-25(27-15-19)34(31,32)28(3)23-11-5-10-22-21(23)9-6-12-24(22)33-16-26(29)30/h4,6-9,12-15,23H,5,10-11,16H2,1-3H3,(H,29,30). The van der Waals surface area contributed by atoms with Crippen LogP contribution >= 0.6 is 0 Å². The van der Waals surface area contributed by atoms with Crippen molar-refractivity contribution in [3.05, 3.63) is 77.0 Å². The van der Waals surface area contributed by atoms with E-state index in [1.54, 1.807) is 37.5 Å². The molecule has 1 aliphatic carbocycles. The summed E-state index contributed by atoms with van der Waals surface area (Å²) in [6.45, 7) is 3.64. The summed E-state index contributed by atoms with van der Waals surface area (Å²) < 4.78 is 33.8. The molecule has 0 aliphatic heterocycles. The average Bonchev–Trinajstić information content (AvgIpc) is 2.83. The van der Waals surface area contributed by atoms with Crippen molar-refractivity contribution in [2.24, 2.45) is 0 Å². The quantitative estimate of drug-likeness (QED) is 0.534. The van der Waals surface area contributed by atoms with E-state index in [9.17, 15) is 13.2 Å². The molecular formula is C26H28N2O5S. The van der Waals surface area contributed by atoms with Crippen molar-refractivity contribution in [2.75, 3.05) is 13.7 Å². The summed E-state index contributed by atoms with van der Waals surface area (Å²) in [5.74, 6) is -0.563. The largest absolute Gasteiger partial charge is 0.482 e. The van der Waals surface area contributed by atoms with Gasteiger partial charge in [-0.1, -0.05) is 30.3 Å². The van der Waals surface area contributed by atoms with Gasteiger partial charge >= 0.3 is 5.97 Å².